The third-order valence-corrected chi connectivity index (χ3v) is 3.56. The Hall–Kier alpha value is -3.08. The minimum atomic E-state index is 0.431. The molecule has 0 aliphatic rings. The third-order valence-electron chi connectivity index (χ3n) is 3.56. The van der Waals surface area contributed by atoms with Crippen molar-refractivity contribution in [2.45, 2.75) is 0 Å². The average molecular weight is 307 g/mol. The van der Waals surface area contributed by atoms with Crippen LogP contribution in [0.4, 0.5) is 5.82 Å². The lowest BCUT2D eigenvalue weighted by Crippen LogP contribution is -2.01. The van der Waals surface area contributed by atoms with E-state index in [4.69, 9.17) is 14.9 Å². The lowest BCUT2D eigenvalue weighted by Gasteiger charge is -2.11. The van der Waals surface area contributed by atoms with Crippen LogP contribution in [0, 0.1) is 0 Å². The van der Waals surface area contributed by atoms with Gasteiger partial charge in [-0.2, -0.15) is 0 Å². The van der Waals surface area contributed by atoms with Crippen molar-refractivity contribution in [1.29, 1.82) is 0 Å². The zero-order valence-electron chi connectivity index (χ0n) is 13.0. The number of hydrogen-bond acceptors (Lipinski definition) is 5. The summed E-state index contributed by atoms with van der Waals surface area (Å²) in [7, 11) is 3.34. The van der Waals surface area contributed by atoms with Crippen molar-refractivity contribution in [1.82, 2.24) is 4.98 Å². The van der Waals surface area contributed by atoms with Crippen molar-refractivity contribution in [3.05, 3.63) is 54.5 Å². The second-order valence-corrected chi connectivity index (χ2v) is 4.98. The first-order chi connectivity index (χ1) is 11.2. The van der Waals surface area contributed by atoms with Crippen molar-refractivity contribution in [3.8, 4) is 28.1 Å². The minimum absolute atomic E-state index is 0.431. The second-order valence-electron chi connectivity index (χ2n) is 4.98. The van der Waals surface area contributed by atoms with E-state index in [1.54, 1.807) is 32.9 Å². The van der Waals surface area contributed by atoms with Gasteiger partial charge in [0.05, 0.1) is 25.3 Å². The van der Waals surface area contributed by atoms with Gasteiger partial charge >= 0.3 is 0 Å². The van der Waals surface area contributed by atoms with Gasteiger partial charge in [-0.25, -0.2) is 4.98 Å². The Bertz CT molecular complexity index is 822. The van der Waals surface area contributed by atoms with Gasteiger partial charge in [0, 0.05) is 30.0 Å². The van der Waals surface area contributed by atoms with Crippen molar-refractivity contribution in [3.63, 3.8) is 0 Å². The Morgan fingerprint density at radius 3 is 2.57 bits per heavy atom. The fraction of sp³-hybridized carbons (Fsp3) is 0.111. The predicted molar refractivity (Wildman–Crippen MR) is 91.9 cm³/mol. The van der Waals surface area contributed by atoms with Crippen molar-refractivity contribution in [2.75, 3.05) is 19.9 Å². The Kier molecular flexibility index (Phi) is 4.10. The van der Waals surface area contributed by atoms with E-state index >= 15 is 0 Å². The highest BCUT2D eigenvalue weighted by molar-refractivity contribution is 5.96. The molecule has 2 aromatic heterocycles. The smallest absolute Gasteiger partial charge is 0.133 e. The van der Waals surface area contributed by atoms with Crippen LogP contribution < -0.4 is 10.5 Å². The molecule has 0 aliphatic heterocycles. The zero-order chi connectivity index (χ0) is 16.2. The SMILES string of the molecule is CN=Cc1c(-c2ccoc2)cc(-c2ccc(OC)cc2)nc1N. The van der Waals surface area contributed by atoms with E-state index in [0.29, 0.717) is 5.82 Å². The average Bonchev–Trinajstić information content (AvgIpc) is 3.11. The fourth-order valence-electron chi connectivity index (χ4n) is 2.41. The molecule has 0 amide bonds. The standard InChI is InChI=1S/C18H17N3O2/c1-20-10-16-15(13-7-8-23-11-13)9-17(21-18(16)19)12-3-5-14(22-2)6-4-12/h3-11H,1-2H3,(H2,19,21). The molecule has 0 aliphatic carbocycles. The molecule has 2 N–H and O–H groups in total. The van der Waals surface area contributed by atoms with Crippen LogP contribution in [-0.4, -0.2) is 25.4 Å². The summed E-state index contributed by atoms with van der Waals surface area (Å²) in [6.07, 6.45) is 5.02. The Balaban J connectivity index is 2.15. The molecule has 116 valence electrons. The number of anilines is 1. The highest BCUT2D eigenvalue weighted by Crippen LogP contribution is 2.31. The molecule has 0 spiro atoms. The molecule has 0 unspecified atom stereocenters. The fourth-order valence-corrected chi connectivity index (χ4v) is 2.41. The number of aliphatic imine (C=N–C) groups is 1. The van der Waals surface area contributed by atoms with Crippen LogP contribution in [0.25, 0.3) is 22.4 Å². The number of rotatable bonds is 4. The van der Waals surface area contributed by atoms with E-state index < -0.39 is 0 Å². The molecular weight excluding hydrogens is 290 g/mol. The Morgan fingerprint density at radius 2 is 1.96 bits per heavy atom. The molecule has 23 heavy (non-hydrogen) atoms. The van der Waals surface area contributed by atoms with Crippen molar-refractivity contribution in [2.24, 2.45) is 4.99 Å². The van der Waals surface area contributed by atoms with E-state index in [-0.39, 0.29) is 0 Å². The summed E-state index contributed by atoms with van der Waals surface area (Å²) in [5.41, 5.74) is 10.5. The van der Waals surface area contributed by atoms with Gasteiger partial charge < -0.3 is 14.9 Å². The second kappa shape index (κ2) is 6.36. The van der Waals surface area contributed by atoms with E-state index in [2.05, 4.69) is 9.98 Å². The van der Waals surface area contributed by atoms with Crippen LogP contribution in [0.2, 0.25) is 0 Å². The maximum atomic E-state index is 6.15. The van der Waals surface area contributed by atoms with Gasteiger partial charge in [-0.3, -0.25) is 4.99 Å². The number of methoxy groups -OCH3 is 1. The first-order valence-electron chi connectivity index (χ1n) is 7.12. The van der Waals surface area contributed by atoms with Gasteiger partial charge in [-0.15, -0.1) is 0 Å². The number of aromatic nitrogens is 1. The Morgan fingerprint density at radius 1 is 1.17 bits per heavy atom. The van der Waals surface area contributed by atoms with E-state index in [1.807, 2.05) is 36.4 Å². The maximum Gasteiger partial charge on any atom is 0.133 e. The van der Waals surface area contributed by atoms with E-state index in [0.717, 1.165) is 33.7 Å². The topological polar surface area (TPSA) is 73.6 Å². The lowest BCUT2D eigenvalue weighted by atomic mass is 10.0. The highest BCUT2D eigenvalue weighted by atomic mass is 16.5. The van der Waals surface area contributed by atoms with Gasteiger partial charge in [0.25, 0.3) is 0 Å². The summed E-state index contributed by atoms with van der Waals surface area (Å²) in [5, 5.41) is 0. The number of nitrogens with two attached hydrogens (primary N) is 1. The molecule has 0 radical (unpaired) electrons. The summed E-state index contributed by atoms with van der Waals surface area (Å²) in [4.78, 5) is 8.57. The molecule has 0 fully saturated rings. The quantitative estimate of drug-likeness (QED) is 0.747. The third kappa shape index (κ3) is 2.94. The number of nitrogens with zero attached hydrogens (tertiary/aromatic N) is 2. The largest absolute Gasteiger partial charge is 0.497 e. The van der Waals surface area contributed by atoms with E-state index in [1.165, 1.54) is 0 Å². The van der Waals surface area contributed by atoms with Crippen LogP contribution in [0.1, 0.15) is 5.56 Å². The molecule has 5 nitrogen and oxygen atoms in total. The van der Waals surface area contributed by atoms with Crippen LogP contribution >= 0.6 is 0 Å². The number of benzene rings is 1. The number of nitrogen functional groups attached to an aromatic ring is 1. The van der Waals surface area contributed by atoms with Gasteiger partial charge in [-0.05, 0) is 42.0 Å². The molecule has 0 saturated carbocycles. The molecule has 1 aromatic carbocycles. The van der Waals surface area contributed by atoms with Gasteiger partial charge in [0.1, 0.15) is 11.6 Å². The molecule has 5 heteroatoms. The maximum absolute atomic E-state index is 6.15. The van der Waals surface area contributed by atoms with Gasteiger partial charge in [0.2, 0.25) is 0 Å². The Labute approximate surface area is 134 Å². The first kappa shape index (κ1) is 14.8. The molecule has 3 rings (SSSR count). The van der Waals surface area contributed by atoms with Crippen LogP contribution in [0.3, 0.4) is 0 Å². The highest BCUT2D eigenvalue weighted by Gasteiger charge is 2.13. The zero-order valence-corrected chi connectivity index (χ0v) is 13.0. The lowest BCUT2D eigenvalue weighted by molar-refractivity contribution is 0.415. The molecule has 0 saturated heterocycles. The molecular formula is C18H17N3O2. The summed E-state index contributed by atoms with van der Waals surface area (Å²) in [6, 6.07) is 11.6. The van der Waals surface area contributed by atoms with Crippen LogP contribution in [0.15, 0.2) is 58.3 Å². The van der Waals surface area contributed by atoms with Crippen molar-refractivity contribution >= 4 is 12.0 Å². The number of ether oxygens (including phenoxy) is 1. The summed E-state index contributed by atoms with van der Waals surface area (Å²) >= 11 is 0. The predicted octanol–water partition coefficient (Wildman–Crippen LogP) is 3.65. The molecule has 3 aromatic rings. The number of pyridine rings is 1. The normalized spacial score (nSPS) is 11.0. The van der Waals surface area contributed by atoms with Gasteiger partial charge in [0.15, 0.2) is 0 Å². The number of hydrogen-bond donors (Lipinski definition) is 1. The van der Waals surface area contributed by atoms with Gasteiger partial charge in [-0.1, -0.05) is 0 Å². The summed E-state index contributed by atoms with van der Waals surface area (Å²) in [5.74, 6) is 1.23. The number of furan rings is 1. The minimum Gasteiger partial charge on any atom is -0.497 e. The molecule has 0 bridgehead atoms. The summed E-state index contributed by atoms with van der Waals surface area (Å²) < 4.78 is 10.4. The monoisotopic (exact) mass is 307 g/mol. The molecule has 0 atom stereocenters. The van der Waals surface area contributed by atoms with Crippen LogP contribution in [0.5, 0.6) is 5.75 Å². The molecule has 2 heterocycles. The van der Waals surface area contributed by atoms with Crippen molar-refractivity contribution < 1.29 is 9.15 Å². The first-order valence-corrected chi connectivity index (χ1v) is 7.12. The van der Waals surface area contributed by atoms with Crippen LogP contribution in [-0.2, 0) is 0 Å². The van der Waals surface area contributed by atoms with E-state index in [9.17, 15) is 0 Å². The summed E-state index contributed by atoms with van der Waals surface area (Å²) in [6.45, 7) is 0.